The molecule has 206 valence electrons. The van der Waals surface area contributed by atoms with Gasteiger partial charge in [-0.3, -0.25) is 14.4 Å². The molecule has 3 aromatic rings. The molecule has 0 atom stereocenters. The first-order chi connectivity index (χ1) is 18.5. The Labute approximate surface area is 231 Å². The maximum atomic E-state index is 13.5. The first-order valence-electron chi connectivity index (χ1n) is 12.3. The van der Waals surface area contributed by atoms with Gasteiger partial charge in [-0.2, -0.15) is 0 Å². The van der Waals surface area contributed by atoms with E-state index in [4.69, 9.17) is 17.3 Å². The number of hydrogen-bond acceptors (Lipinski definition) is 7. The molecule has 4 rings (SSSR count). The molecule has 0 saturated carbocycles. The minimum atomic E-state index is -3.47. The highest BCUT2D eigenvalue weighted by atomic mass is 35.5. The highest BCUT2D eigenvalue weighted by molar-refractivity contribution is 7.90. The van der Waals surface area contributed by atoms with Crippen LogP contribution in [0.15, 0.2) is 53.7 Å². The first kappa shape index (κ1) is 28.3. The van der Waals surface area contributed by atoms with Gasteiger partial charge in [-0.1, -0.05) is 18.0 Å². The largest absolute Gasteiger partial charge is 0.364 e. The monoisotopic (exact) mass is 572 g/mol. The number of nitrogens with two attached hydrogens (primary N) is 1. The SMILES string of the molecule is CS(=O)(=O)c1ccc(C(=O)Nc2ccc(N(CCN3CCCCC3)C(=O)c3nc[nH]c3C(N)=O)cc2)c(Cl)c1. The van der Waals surface area contributed by atoms with Gasteiger partial charge in [-0.15, -0.1) is 0 Å². The van der Waals surface area contributed by atoms with Crippen LogP contribution in [0.3, 0.4) is 0 Å². The first-order valence-corrected chi connectivity index (χ1v) is 14.6. The van der Waals surface area contributed by atoms with E-state index in [1.54, 1.807) is 24.3 Å². The molecule has 2 heterocycles. The van der Waals surface area contributed by atoms with Crippen molar-refractivity contribution in [2.75, 3.05) is 42.7 Å². The maximum absolute atomic E-state index is 13.5. The molecule has 1 aromatic heterocycles. The summed E-state index contributed by atoms with van der Waals surface area (Å²) in [5, 5.41) is 2.73. The number of imidazole rings is 1. The predicted molar refractivity (Wildman–Crippen MR) is 148 cm³/mol. The van der Waals surface area contributed by atoms with Gasteiger partial charge in [-0.25, -0.2) is 13.4 Å². The number of carbonyl (C=O) groups excluding carboxylic acids is 3. The van der Waals surface area contributed by atoms with Crippen LogP contribution >= 0.6 is 11.6 Å². The zero-order valence-corrected chi connectivity index (χ0v) is 22.9. The number of sulfone groups is 1. The molecular formula is C26H29ClN6O5S. The molecule has 1 aliphatic heterocycles. The summed E-state index contributed by atoms with van der Waals surface area (Å²) in [6.07, 6.45) is 5.71. The number of primary amides is 1. The Morgan fingerprint density at radius 1 is 1.10 bits per heavy atom. The van der Waals surface area contributed by atoms with Crippen LogP contribution in [0.25, 0.3) is 0 Å². The van der Waals surface area contributed by atoms with Gasteiger partial charge in [-0.05, 0) is 68.4 Å². The molecule has 0 aliphatic carbocycles. The van der Waals surface area contributed by atoms with Crippen molar-refractivity contribution in [3.05, 3.63) is 70.8 Å². The molecule has 3 amide bonds. The van der Waals surface area contributed by atoms with E-state index in [-0.39, 0.29) is 26.9 Å². The summed E-state index contributed by atoms with van der Waals surface area (Å²) < 4.78 is 23.5. The van der Waals surface area contributed by atoms with Gasteiger partial charge < -0.3 is 25.8 Å². The van der Waals surface area contributed by atoms with E-state index >= 15 is 0 Å². The number of aromatic amines is 1. The topological polar surface area (TPSA) is 159 Å². The molecule has 2 aromatic carbocycles. The third kappa shape index (κ3) is 6.83. The summed E-state index contributed by atoms with van der Waals surface area (Å²) >= 11 is 6.17. The average Bonchev–Trinajstić information content (AvgIpc) is 3.40. The number of piperidine rings is 1. The van der Waals surface area contributed by atoms with Crippen LogP contribution in [0.4, 0.5) is 11.4 Å². The second kappa shape index (κ2) is 12.0. The summed E-state index contributed by atoms with van der Waals surface area (Å²) in [5.74, 6) is -1.78. The van der Waals surface area contributed by atoms with Crippen LogP contribution in [0.5, 0.6) is 0 Å². The minimum Gasteiger partial charge on any atom is -0.364 e. The lowest BCUT2D eigenvalue weighted by molar-refractivity contribution is 0.0952. The van der Waals surface area contributed by atoms with Gasteiger partial charge in [0.15, 0.2) is 15.5 Å². The van der Waals surface area contributed by atoms with Crippen molar-refractivity contribution in [1.29, 1.82) is 0 Å². The molecule has 11 nitrogen and oxygen atoms in total. The van der Waals surface area contributed by atoms with Gasteiger partial charge in [0.1, 0.15) is 5.69 Å². The predicted octanol–water partition coefficient (Wildman–Crippen LogP) is 2.95. The fourth-order valence-corrected chi connectivity index (χ4v) is 5.36. The van der Waals surface area contributed by atoms with Gasteiger partial charge in [0.25, 0.3) is 17.7 Å². The van der Waals surface area contributed by atoms with Crippen molar-refractivity contribution in [1.82, 2.24) is 14.9 Å². The standard InChI is InChI=1S/C26H29ClN6O5S/c1-39(37,38)19-9-10-20(21(27)15-19)25(35)31-17-5-7-18(8-6-17)33(14-13-32-11-3-2-4-12-32)26(36)23-22(24(28)34)29-16-30-23/h5-10,15-16H,2-4,11-14H2,1H3,(H2,28,34)(H,29,30)(H,31,35). The van der Waals surface area contributed by atoms with Gasteiger partial charge >= 0.3 is 0 Å². The summed E-state index contributed by atoms with van der Waals surface area (Å²) in [7, 11) is -3.47. The second-order valence-electron chi connectivity index (χ2n) is 9.26. The Bertz CT molecular complexity index is 1480. The number of hydrogen-bond donors (Lipinski definition) is 3. The Kier molecular flexibility index (Phi) is 8.68. The highest BCUT2D eigenvalue weighted by Gasteiger charge is 2.26. The number of nitrogens with zero attached hydrogens (tertiary/aromatic N) is 3. The zero-order chi connectivity index (χ0) is 28.2. The average molecular weight is 573 g/mol. The van der Waals surface area contributed by atoms with E-state index in [0.717, 1.165) is 32.2 Å². The highest BCUT2D eigenvalue weighted by Crippen LogP contribution is 2.24. The molecule has 1 fully saturated rings. The van der Waals surface area contributed by atoms with Crippen molar-refractivity contribution >= 4 is 50.5 Å². The molecule has 4 N–H and O–H groups in total. The number of benzene rings is 2. The van der Waals surface area contributed by atoms with Gasteiger partial charge in [0.05, 0.1) is 21.8 Å². The molecule has 0 radical (unpaired) electrons. The van der Waals surface area contributed by atoms with E-state index in [1.165, 1.54) is 35.8 Å². The number of H-pyrrole nitrogens is 1. The number of halogens is 1. The molecule has 1 saturated heterocycles. The quantitative estimate of drug-likeness (QED) is 0.355. The third-order valence-corrected chi connectivity index (χ3v) is 7.90. The van der Waals surface area contributed by atoms with Crippen molar-refractivity contribution in [3.8, 4) is 0 Å². The fraction of sp³-hybridized carbons (Fsp3) is 0.308. The molecular weight excluding hydrogens is 544 g/mol. The number of likely N-dealkylation sites (tertiary alicyclic amines) is 1. The lowest BCUT2D eigenvalue weighted by Crippen LogP contribution is -2.41. The Hall–Kier alpha value is -3.74. The number of amides is 3. The van der Waals surface area contributed by atoms with Crippen molar-refractivity contribution in [2.24, 2.45) is 5.73 Å². The Morgan fingerprint density at radius 2 is 1.79 bits per heavy atom. The van der Waals surface area contributed by atoms with Crippen LogP contribution < -0.4 is 16.0 Å². The summed E-state index contributed by atoms with van der Waals surface area (Å²) in [6, 6.07) is 10.5. The Balaban J connectivity index is 1.54. The van der Waals surface area contributed by atoms with E-state index < -0.39 is 27.6 Å². The summed E-state index contributed by atoms with van der Waals surface area (Å²) in [4.78, 5) is 48.6. The number of carbonyl (C=O) groups is 3. The lowest BCUT2D eigenvalue weighted by atomic mass is 10.1. The van der Waals surface area contributed by atoms with E-state index in [1.807, 2.05) is 0 Å². The van der Waals surface area contributed by atoms with Crippen LogP contribution in [0.1, 0.15) is 50.6 Å². The Morgan fingerprint density at radius 3 is 2.41 bits per heavy atom. The number of anilines is 2. The van der Waals surface area contributed by atoms with Gasteiger partial charge in [0, 0.05) is 30.7 Å². The lowest BCUT2D eigenvalue weighted by Gasteiger charge is -2.30. The molecule has 0 bridgehead atoms. The van der Waals surface area contributed by atoms with Crippen molar-refractivity contribution < 1.29 is 22.8 Å². The smallest absolute Gasteiger partial charge is 0.279 e. The minimum absolute atomic E-state index is 0.00536. The zero-order valence-electron chi connectivity index (χ0n) is 21.3. The van der Waals surface area contributed by atoms with E-state index in [0.29, 0.717) is 24.5 Å². The number of aromatic nitrogens is 2. The number of nitrogens with one attached hydrogen (secondary N) is 2. The molecule has 39 heavy (non-hydrogen) atoms. The van der Waals surface area contributed by atoms with Crippen LogP contribution in [0.2, 0.25) is 5.02 Å². The molecule has 1 aliphatic rings. The van der Waals surface area contributed by atoms with Crippen molar-refractivity contribution in [3.63, 3.8) is 0 Å². The van der Waals surface area contributed by atoms with Crippen LogP contribution in [-0.4, -0.2) is 73.4 Å². The van der Waals surface area contributed by atoms with E-state index in [2.05, 4.69) is 20.2 Å². The normalized spacial score (nSPS) is 14.1. The van der Waals surface area contributed by atoms with Gasteiger partial charge in [0.2, 0.25) is 0 Å². The summed E-state index contributed by atoms with van der Waals surface area (Å²) in [6.45, 7) is 2.91. The molecule has 0 unspecified atom stereocenters. The molecule has 13 heteroatoms. The third-order valence-electron chi connectivity index (χ3n) is 6.47. The maximum Gasteiger partial charge on any atom is 0.279 e. The van der Waals surface area contributed by atoms with Crippen LogP contribution in [-0.2, 0) is 9.84 Å². The molecule has 0 spiro atoms. The second-order valence-corrected chi connectivity index (χ2v) is 11.7. The fourth-order valence-electron chi connectivity index (χ4n) is 4.38. The van der Waals surface area contributed by atoms with Crippen molar-refractivity contribution in [2.45, 2.75) is 24.2 Å². The van der Waals surface area contributed by atoms with Crippen LogP contribution in [0, 0.1) is 0 Å². The van der Waals surface area contributed by atoms with E-state index in [9.17, 15) is 22.8 Å². The number of rotatable bonds is 9. The summed E-state index contributed by atoms with van der Waals surface area (Å²) in [5.41, 5.74) is 6.38.